The Bertz CT molecular complexity index is 767. The summed E-state index contributed by atoms with van der Waals surface area (Å²) >= 11 is 11.2. The molecule has 0 amide bonds. The summed E-state index contributed by atoms with van der Waals surface area (Å²) in [5.41, 5.74) is 4.98. The van der Waals surface area contributed by atoms with Gasteiger partial charge in [0.25, 0.3) is 0 Å². The Balaban J connectivity index is 1.52. The second kappa shape index (κ2) is 7.28. The molecule has 1 aromatic carbocycles. The summed E-state index contributed by atoms with van der Waals surface area (Å²) in [7, 11) is 0. The smallest absolute Gasteiger partial charge is 0.191 e. The molecule has 4 bridgehead atoms. The summed E-state index contributed by atoms with van der Waals surface area (Å²) in [5.74, 6) is 0.490. The predicted octanol–water partition coefficient (Wildman–Crippen LogP) is 3.02. The van der Waals surface area contributed by atoms with Crippen molar-refractivity contribution in [2.45, 2.75) is 13.8 Å². The third-order valence-electron chi connectivity index (χ3n) is 6.16. The van der Waals surface area contributed by atoms with Gasteiger partial charge in [0.1, 0.15) is 5.82 Å². The first kappa shape index (κ1) is 19.1. The lowest BCUT2D eigenvalue weighted by atomic mass is 9.64. The fourth-order valence-electron chi connectivity index (χ4n) is 4.73. The summed E-state index contributed by atoms with van der Waals surface area (Å²) in [4.78, 5) is 5.18. The van der Waals surface area contributed by atoms with E-state index in [4.69, 9.17) is 28.9 Å². The molecule has 0 aromatic heterocycles. The largest absolute Gasteiger partial charge is 0.331 e. The topological polar surface area (TPSA) is 42.9 Å². The van der Waals surface area contributed by atoms with Gasteiger partial charge in [-0.05, 0) is 36.3 Å². The lowest BCUT2D eigenvalue weighted by Gasteiger charge is -2.52. The molecule has 4 heterocycles. The van der Waals surface area contributed by atoms with E-state index in [1.54, 1.807) is 6.07 Å². The quantitative estimate of drug-likeness (QED) is 0.593. The molecule has 4 aliphatic heterocycles. The number of nitrogens with zero attached hydrogens (tertiary/aromatic N) is 3. The van der Waals surface area contributed by atoms with E-state index in [-0.39, 0.29) is 10.4 Å². The Kier molecular flexibility index (Phi) is 5.14. The van der Waals surface area contributed by atoms with Crippen LogP contribution in [0.25, 0.3) is 0 Å². The fourth-order valence-corrected chi connectivity index (χ4v) is 5.07. The minimum atomic E-state index is -0.449. The third kappa shape index (κ3) is 3.58. The van der Waals surface area contributed by atoms with Crippen molar-refractivity contribution in [3.05, 3.63) is 29.0 Å². The van der Waals surface area contributed by atoms with E-state index in [1.807, 2.05) is 0 Å². The van der Waals surface area contributed by atoms with Crippen LogP contribution in [-0.4, -0.2) is 59.9 Å². The molecular weight excluding hydrogens is 385 g/mol. The van der Waals surface area contributed by atoms with Crippen LogP contribution in [0.3, 0.4) is 0 Å². The number of thiocarbonyl (C=S) groups is 1. The molecule has 2 N–H and O–H groups in total. The Morgan fingerprint density at radius 1 is 1.30 bits per heavy atom. The van der Waals surface area contributed by atoms with E-state index in [0.717, 1.165) is 39.3 Å². The summed E-state index contributed by atoms with van der Waals surface area (Å²) in [6.07, 6.45) is 0. The van der Waals surface area contributed by atoms with Gasteiger partial charge in [-0.1, -0.05) is 25.4 Å². The first-order valence-corrected chi connectivity index (χ1v) is 10.2. The van der Waals surface area contributed by atoms with Crippen molar-refractivity contribution in [2.75, 3.05) is 44.6 Å². The van der Waals surface area contributed by atoms with E-state index in [0.29, 0.717) is 22.6 Å². The number of hydrogen-bond donors (Lipinski definition) is 2. The van der Waals surface area contributed by atoms with Crippen LogP contribution in [0.5, 0.6) is 0 Å². The molecule has 2 unspecified atom stereocenters. The van der Waals surface area contributed by atoms with Crippen LogP contribution in [0, 0.1) is 23.1 Å². The molecule has 1 aromatic rings. The van der Waals surface area contributed by atoms with Crippen molar-refractivity contribution in [1.29, 1.82) is 0 Å². The Labute approximate surface area is 169 Å². The zero-order valence-corrected chi connectivity index (χ0v) is 17.2. The molecule has 4 fully saturated rings. The summed E-state index contributed by atoms with van der Waals surface area (Å²) in [6, 6.07) is 4.43. The van der Waals surface area contributed by atoms with Crippen LogP contribution in [0.4, 0.5) is 10.1 Å². The highest BCUT2D eigenvalue weighted by Crippen LogP contribution is 2.43. The van der Waals surface area contributed by atoms with Crippen molar-refractivity contribution >= 4 is 40.3 Å². The van der Waals surface area contributed by atoms with Crippen LogP contribution in [0.1, 0.15) is 13.8 Å². The number of hydrogen-bond acceptors (Lipinski definition) is 4. The van der Waals surface area contributed by atoms with Gasteiger partial charge in [0, 0.05) is 56.3 Å². The molecule has 4 saturated heterocycles. The van der Waals surface area contributed by atoms with E-state index < -0.39 is 5.82 Å². The average molecular weight is 410 g/mol. The monoisotopic (exact) mass is 409 g/mol. The minimum Gasteiger partial charge on any atom is -0.331 e. The highest BCUT2D eigenvalue weighted by molar-refractivity contribution is 7.80. The SMILES string of the molecule is CC(C)C12CN3CCN(CC(C3)C1=NNC(=S)Nc1ccc(F)c(Cl)c1)C2. The maximum atomic E-state index is 13.3. The van der Waals surface area contributed by atoms with Gasteiger partial charge in [-0.15, -0.1) is 0 Å². The van der Waals surface area contributed by atoms with Gasteiger partial charge in [-0.2, -0.15) is 5.10 Å². The highest BCUT2D eigenvalue weighted by Gasteiger charge is 2.53. The molecule has 4 aliphatic rings. The lowest BCUT2D eigenvalue weighted by molar-refractivity contribution is 0.0828. The second-order valence-corrected chi connectivity index (χ2v) is 8.99. The van der Waals surface area contributed by atoms with Gasteiger partial charge in [0.15, 0.2) is 5.11 Å². The van der Waals surface area contributed by atoms with Crippen LogP contribution >= 0.6 is 23.8 Å². The highest BCUT2D eigenvalue weighted by atomic mass is 35.5. The number of rotatable bonds is 3. The predicted molar refractivity (Wildman–Crippen MR) is 112 cm³/mol. The normalized spacial score (nSPS) is 33.4. The molecule has 0 radical (unpaired) electrons. The standard InChI is InChI=1S/C19H25ClFN5S/c1-12(2)19-10-25-5-6-26(11-19)9-13(8-25)17(19)23-24-18(27)22-14-3-4-16(21)15(20)7-14/h3-4,7,12-13H,5-6,8-11H2,1-2H3,(H2,22,24,27). The molecule has 5 nitrogen and oxygen atoms in total. The third-order valence-corrected chi connectivity index (χ3v) is 6.64. The molecule has 5 rings (SSSR count). The fraction of sp³-hybridized carbons (Fsp3) is 0.579. The molecular formula is C19H25ClFN5S. The van der Waals surface area contributed by atoms with Gasteiger partial charge < -0.3 is 15.1 Å². The van der Waals surface area contributed by atoms with Crippen molar-refractivity contribution < 1.29 is 4.39 Å². The molecule has 0 spiro atoms. The van der Waals surface area contributed by atoms with Gasteiger partial charge in [0.05, 0.1) is 10.7 Å². The Hall–Kier alpha value is -1.28. The summed E-state index contributed by atoms with van der Waals surface area (Å²) < 4.78 is 13.3. The van der Waals surface area contributed by atoms with Gasteiger partial charge in [-0.3, -0.25) is 5.43 Å². The lowest BCUT2D eigenvalue weighted by Crippen LogP contribution is -2.63. The number of piperidine rings is 2. The van der Waals surface area contributed by atoms with Gasteiger partial charge in [0.2, 0.25) is 0 Å². The second-order valence-electron chi connectivity index (χ2n) is 8.17. The van der Waals surface area contributed by atoms with Crippen molar-refractivity contribution in [2.24, 2.45) is 22.4 Å². The van der Waals surface area contributed by atoms with Gasteiger partial charge >= 0.3 is 0 Å². The summed E-state index contributed by atoms with van der Waals surface area (Å²) in [6.45, 7) is 11.1. The first-order chi connectivity index (χ1) is 12.9. The molecule has 8 heteroatoms. The zero-order valence-electron chi connectivity index (χ0n) is 15.6. The van der Waals surface area contributed by atoms with Crippen LogP contribution in [0.2, 0.25) is 5.02 Å². The molecule has 146 valence electrons. The first-order valence-electron chi connectivity index (χ1n) is 9.42. The molecule has 0 aliphatic carbocycles. The number of fused-ring (bicyclic) bond motifs is 1. The number of nitrogens with one attached hydrogen (secondary N) is 2. The number of hydrazone groups is 1. The van der Waals surface area contributed by atoms with Crippen LogP contribution in [0.15, 0.2) is 23.3 Å². The maximum Gasteiger partial charge on any atom is 0.191 e. The average Bonchev–Trinajstić information content (AvgIpc) is 2.86. The minimum absolute atomic E-state index is 0.0632. The van der Waals surface area contributed by atoms with Gasteiger partial charge in [-0.25, -0.2) is 4.39 Å². The Morgan fingerprint density at radius 3 is 2.56 bits per heavy atom. The zero-order chi connectivity index (χ0) is 19.2. The van der Waals surface area contributed by atoms with Crippen molar-refractivity contribution in [1.82, 2.24) is 15.2 Å². The molecule has 27 heavy (non-hydrogen) atoms. The van der Waals surface area contributed by atoms with E-state index in [1.165, 1.54) is 17.8 Å². The molecule has 2 atom stereocenters. The number of halogens is 2. The van der Waals surface area contributed by atoms with E-state index in [2.05, 4.69) is 34.4 Å². The van der Waals surface area contributed by atoms with Crippen LogP contribution in [-0.2, 0) is 0 Å². The summed E-state index contributed by atoms with van der Waals surface area (Å²) in [5, 5.41) is 8.27. The van der Waals surface area contributed by atoms with Crippen LogP contribution < -0.4 is 10.7 Å². The van der Waals surface area contributed by atoms with E-state index >= 15 is 0 Å². The van der Waals surface area contributed by atoms with Crippen molar-refractivity contribution in [3.63, 3.8) is 0 Å². The maximum absolute atomic E-state index is 13.3. The van der Waals surface area contributed by atoms with E-state index in [9.17, 15) is 4.39 Å². The number of anilines is 1. The number of benzene rings is 1. The molecule has 0 saturated carbocycles. The Morgan fingerprint density at radius 2 is 1.96 bits per heavy atom. The van der Waals surface area contributed by atoms with Crippen molar-refractivity contribution in [3.8, 4) is 0 Å².